The van der Waals surface area contributed by atoms with Gasteiger partial charge in [-0.05, 0) is 18.2 Å². The second-order valence-electron chi connectivity index (χ2n) is 4.67. The van der Waals surface area contributed by atoms with Gasteiger partial charge < -0.3 is 9.64 Å². The van der Waals surface area contributed by atoms with Crippen molar-refractivity contribution < 1.29 is 19.2 Å². The molecule has 0 saturated carbocycles. The Kier molecular flexibility index (Phi) is 5.03. The number of esters is 1. The number of nitro groups is 1. The number of likely N-dealkylation sites (N-methyl/N-ethyl adjacent to an activating group) is 1. The van der Waals surface area contributed by atoms with E-state index in [9.17, 15) is 19.7 Å². The van der Waals surface area contributed by atoms with E-state index in [4.69, 9.17) is 4.74 Å². The standard InChI is InChI=1S/C16H14N2O5/c1-17(13-7-3-2-4-8-13)15(19)11-23-16(20)12-6-5-9-14(10-12)18(21)22/h2-10H,11H2,1H3. The van der Waals surface area contributed by atoms with Crippen LogP contribution in [0.1, 0.15) is 10.4 Å². The van der Waals surface area contributed by atoms with Gasteiger partial charge in [0.25, 0.3) is 11.6 Å². The van der Waals surface area contributed by atoms with Crippen LogP contribution in [0.3, 0.4) is 0 Å². The lowest BCUT2D eigenvalue weighted by molar-refractivity contribution is -0.384. The normalized spacial score (nSPS) is 9.96. The minimum Gasteiger partial charge on any atom is -0.452 e. The van der Waals surface area contributed by atoms with Crippen LogP contribution in [0.5, 0.6) is 0 Å². The molecule has 0 aromatic heterocycles. The van der Waals surface area contributed by atoms with Gasteiger partial charge in [-0.1, -0.05) is 24.3 Å². The van der Waals surface area contributed by atoms with Crippen LogP contribution in [0.25, 0.3) is 0 Å². The molecule has 0 bridgehead atoms. The number of hydrogen-bond acceptors (Lipinski definition) is 5. The van der Waals surface area contributed by atoms with Crippen molar-refractivity contribution in [3.8, 4) is 0 Å². The minimum absolute atomic E-state index is 0.0226. The zero-order valence-electron chi connectivity index (χ0n) is 12.3. The molecule has 118 valence electrons. The molecule has 0 heterocycles. The molecule has 0 fully saturated rings. The van der Waals surface area contributed by atoms with Crippen molar-refractivity contribution in [2.24, 2.45) is 0 Å². The highest BCUT2D eigenvalue weighted by Gasteiger charge is 2.16. The highest BCUT2D eigenvalue weighted by molar-refractivity contribution is 5.96. The van der Waals surface area contributed by atoms with Crippen LogP contribution < -0.4 is 4.90 Å². The Labute approximate surface area is 132 Å². The van der Waals surface area contributed by atoms with Crippen LogP contribution >= 0.6 is 0 Å². The molecule has 7 nitrogen and oxygen atoms in total. The Bertz CT molecular complexity index is 730. The first kappa shape index (κ1) is 16.2. The third-order valence-electron chi connectivity index (χ3n) is 3.14. The van der Waals surface area contributed by atoms with E-state index in [1.165, 1.54) is 23.1 Å². The molecule has 0 unspecified atom stereocenters. The van der Waals surface area contributed by atoms with Gasteiger partial charge in [0.05, 0.1) is 10.5 Å². The summed E-state index contributed by atoms with van der Waals surface area (Å²) >= 11 is 0. The lowest BCUT2D eigenvalue weighted by atomic mass is 10.2. The summed E-state index contributed by atoms with van der Waals surface area (Å²) in [7, 11) is 1.57. The second kappa shape index (κ2) is 7.17. The monoisotopic (exact) mass is 314 g/mol. The lowest BCUT2D eigenvalue weighted by Crippen LogP contribution is -2.31. The van der Waals surface area contributed by atoms with Gasteiger partial charge in [-0.2, -0.15) is 0 Å². The molecule has 2 aromatic rings. The third-order valence-corrected chi connectivity index (χ3v) is 3.14. The van der Waals surface area contributed by atoms with Gasteiger partial charge in [0.1, 0.15) is 0 Å². The highest BCUT2D eigenvalue weighted by atomic mass is 16.6. The summed E-state index contributed by atoms with van der Waals surface area (Å²) in [4.78, 5) is 35.3. The van der Waals surface area contributed by atoms with E-state index < -0.39 is 23.4 Å². The molecule has 0 atom stereocenters. The van der Waals surface area contributed by atoms with Crippen LogP contribution in [0.2, 0.25) is 0 Å². The number of carbonyl (C=O) groups excluding carboxylic acids is 2. The minimum atomic E-state index is -0.788. The second-order valence-corrected chi connectivity index (χ2v) is 4.67. The number of ether oxygens (including phenoxy) is 1. The molecule has 0 N–H and O–H groups in total. The number of hydrogen-bond donors (Lipinski definition) is 0. The van der Waals surface area contributed by atoms with Crippen LogP contribution in [0.4, 0.5) is 11.4 Å². The largest absolute Gasteiger partial charge is 0.452 e. The van der Waals surface area contributed by atoms with E-state index >= 15 is 0 Å². The molecular weight excluding hydrogens is 300 g/mol. The predicted molar refractivity (Wildman–Crippen MR) is 83.2 cm³/mol. The highest BCUT2D eigenvalue weighted by Crippen LogP contribution is 2.14. The van der Waals surface area contributed by atoms with Crippen LogP contribution in [-0.2, 0) is 9.53 Å². The van der Waals surface area contributed by atoms with E-state index in [1.807, 2.05) is 6.07 Å². The van der Waals surface area contributed by atoms with Crippen molar-refractivity contribution in [3.05, 3.63) is 70.3 Å². The molecule has 0 spiro atoms. The zero-order valence-corrected chi connectivity index (χ0v) is 12.3. The smallest absolute Gasteiger partial charge is 0.338 e. The molecule has 0 radical (unpaired) electrons. The van der Waals surface area contributed by atoms with Crippen molar-refractivity contribution in [1.29, 1.82) is 0 Å². The fourth-order valence-corrected chi connectivity index (χ4v) is 1.85. The molecular formula is C16H14N2O5. The van der Waals surface area contributed by atoms with Gasteiger partial charge in [0, 0.05) is 24.9 Å². The SMILES string of the molecule is CN(C(=O)COC(=O)c1cccc([N+](=O)[O-])c1)c1ccccc1. The molecule has 0 aliphatic carbocycles. The third kappa shape index (κ3) is 4.13. The van der Waals surface area contributed by atoms with E-state index in [2.05, 4.69) is 0 Å². The summed E-state index contributed by atoms with van der Waals surface area (Å²) in [6.07, 6.45) is 0. The van der Waals surface area contributed by atoms with Gasteiger partial charge in [-0.3, -0.25) is 14.9 Å². The summed E-state index contributed by atoms with van der Waals surface area (Å²) in [5.41, 5.74) is 0.477. The fraction of sp³-hybridized carbons (Fsp3) is 0.125. The average molecular weight is 314 g/mol. The number of anilines is 1. The summed E-state index contributed by atoms with van der Waals surface area (Å²) in [6.45, 7) is -0.451. The Morgan fingerprint density at radius 2 is 1.83 bits per heavy atom. The van der Waals surface area contributed by atoms with Gasteiger partial charge in [-0.25, -0.2) is 4.79 Å². The lowest BCUT2D eigenvalue weighted by Gasteiger charge is -2.17. The van der Waals surface area contributed by atoms with Crippen molar-refractivity contribution in [3.63, 3.8) is 0 Å². The van der Waals surface area contributed by atoms with E-state index in [1.54, 1.807) is 31.3 Å². The number of non-ortho nitro benzene ring substituents is 1. The molecule has 7 heteroatoms. The van der Waals surface area contributed by atoms with Crippen molar-refractivity contribution in [1.82, 2.24) is 0 Å². The maximum Gasteiger partial charge on any atom is 0.338 e. The molecule has 2 aromatic carbocycles. The molecule has 0 aliphatic rings. The fourth-order valence-electron chi connectivity index (χ4n) is 1.85. The first-order valence-corrected chi connectivity index (χ1v) is 6.72. The number of nitro benzene ring substituents is 1. The Hall–Kier alpha value is -3.22. The van der Waals surface area contributed by atoms with Crippen LogP contribution in [0, 0.1) is 10.1 Å². The summed E-state index contributed by atoms with van der Waals surface area (Å²) in [6, 6.07) is 14.0. The topological polar surface area (TPSA) is 89.8 Å². The van der Waals surface area contributed by atoms with Crippen molar-refractivity contribution >= 4 is 23.3 Å². The molecule has 2 rings (SSSR count). The van der Waals surface area contributed by atoms with Crippen LogP contribution in [-0.4, -0.2) is 30.5 Å². The van der Waals surface area contributed by atoms with E-state index in [0.717, 1.165) is 6.07 Å². The Morgan fingerprint density at radius 1 is 1.13 bits per heavy atom. The predicted octanol–water partition coefficient (Wildman–Crippen LogP) is 2.41. The molecule has 23 heavy (non-hydrogen) atoms. The number of para-hydroxylation sites is 1. The number of rotatable bonds is 5. The first-order chi connectivity index (χ1) is 11.0. The zero-order chi connectivity index (χ0) is 16.8. The van der Waals surface area contributed by atoms with Gasteiger partial charge >= 0.3 is 5.97 Å². The summed E-state index contributed by atoms with van der Waals surface area (Å²) < 4.78 is 4.91. The quantitative estimate of drug-likeness (QED) is 0.480. The van der Waals surface area contributed by atoms with Crippen LogP contribution in [0.15, 0.2) is 54.6 Å². The first-order valence-electron chi connectivity index (χ1n) is 6.72. The molecule has 0 saturated heterocycles. The van der Waals surface area contributed by atoms with Crippen molar-refractivity contribution in [2.75, 3.05) is 18.6 Å². The maximum absolute atomic E-state index is 12.0. The average Bonchev–Trinajstić information content (AvgIpc) is 2.59. The molecule has 1 amide bonds. The van der Waals surface area contributed by atoms with E-state index in [-0.39, 0.29) is 11.3 Å². The number of benzene rings is 2. The van der Waals surface area contributed by atoms with Crippen molar-refractivity contribution in [2.45, 2.75) is 0 Å². The van der Waals surface area contributed by atoms with E-state index in [0.29, 0.717) is 5.69 Å². The summed E-state index contributed by atoms with van der Waals surface area (Å²) in [5.74, 6) is -1.20. The number of amides is 1. The summed E-state index contributed by atoms with van der Waals surface area (Å²) in [5, 5.41) is 10.7. The molecule has 0 aliphatic heterocycles. The van der Waals surface area contributed by atoms with Gasteiger partial charge in [-0.15, -0.1) is 0 Å². The number of carbonyl (C=O) groups is 2. The van der Waals surface area contributed by atoms with Gasteiger partial charge in [0.15, 0.2) is 6.61 Å². The Morgan fingerprint density at radius 3 is 2.48 bits per heavy atom. The van der Waals surface area contributed by atoms with Gasteiger partial charge in [0.2, 0.25) is 0 Å². The Balaban J connectivity index is 1.97. The maximum atomic E-state index is 12.0. The number of nitrogens with zero attached hydrogens (tertiary/aromatic N) is 2.